The third-order valence-electron chi connectivity index (χ3n) is 2.95. The van der Waals surface area contributed by atoms with E-state index in [1.165, 1.54) is 0 Å². The van der Waals surface area contributed by atoms with Crippen molar-refractivity contribution in [3.63, 3.8) is 0 Å². The molecular formula is C11H12F2O. The normalized spacial score (nSPS) is 26.2. The number of hydrogen-bond acceptors (Lipinski definition) is 1. The second-order valence-corrected chi connectivity index (χ2v) is 3.78. The third kappa shape index (κ3) is 1.59. The van der Waals surface area contributed by atoms with Crippen LogP contribution in [0.5, 0.6) is 5.75 Å². The Morgan fingerprint density at radius 3 is 2.57 bits per heavy atom. The molecule has 14 heavy (non-hydrogen) atoms. The van der Waals surface area contributed by atoms with Crippen molar-refractivity contribution in [2.75, 3.05) is 0 Å². The van der Waals surface area contributed by atoms with Crippen LogP contribution in [0.4, 0.5) is 8.78 Å². The van der Waals surface area contributed by atoms with Gasteiger partial charge in [-0.05, 0) is 36.5 Å². The lowest BCUT2D eigenvalue weighted by molar-refractivity contribution is 0.0167. The monoisotopic (exact) mass is 198 g/mol. The summed E-state index contributed by atoms with van der Waals surface area (Å²) >= 11 is 0. The fraction of sp³-hybridized carbons (Fsp3) is 0.455. The molecule has 1 fully saturated rings. The van der Waals surface area contributed by atoms with E-state index in [1.807, 2.05) is 0 Å². The van der Waals surface area contributed by atoms with Gasteiger partial charge in [-0.25, -0.2) is 8.78 Å². The maximum atomic E-state index is 12.5. The number of benzene rings is 1. The van der Waals surface area contributed by atoms with E-state index >= 15 is 0 Å². The summed E-state index contributed by atoms with van der Waals surface area (Å²) in [6.45, 7) is 0. The zero-order valence-electron chi connectivity index (χ0n) is 7.66. The first kappa shape index (κ1) is 9.44. The molecule has 1 N–H and O–H groups in total. The molecule has 1 nitrogen and oxygen atoms in total. The number of aromatic hydroxyl groups is 1. The molecule has 0 saturated heterocycles. The van der Waals surface area contributed by atoms with Crippen LogP contribution >= 0.6 is 0 Å². The summed E-state index contributed by atoms with van der Waals surface area (Å²) in [6, 6.07) is 6.64. The minimum atomic E-state index is -2.24. The summed E-state index contributed by atoms with van der Waals surface area (Å²) < 4.78 is 24.9. The minimum Gasteiger partial charge on any atom is -0.508 e. The molecule has 0 bridgehead atoms. The Balaban J connectivity index is 2.16. The lowest BCUT2D eigenvalue weighted by Gasteiger charge is -2.36. The van der Waals surface area contributed by atoms with Crippen molar-refractivity contribution in [1.29, 1.82) is 0 Å². The van der Waals surface area contributed by atoms with Crippen LogP contribution in [0, 0.1) is 5.92 Å². The van der Waals surface area contributed by atoms with Crippen LogP contribution < -0.4 is 0 Å². The lowest BCUT2D eigenvalue weighted by atomic mass is 9.70. The quantitative estimate of drug-likeness (QED) is 0.773. The average molecular weight is 198 g/mol. The first-order valence-corrected chi connectivity index (χ1v) is 4.75. The Kier molecular flexibility index (Phi) is 2.40. The van der Waals surface area contributed by atoms with Gasteiger partial charge in [-0.15, -0.1) is 0 Å². The summed E-state index contributed by atoms with van der Waals surface area (Å²) in [4.78, 5) is 0. The number of rotatable bonds is 2. The molecule has 1 saturated carbocycles. The van der Waals surface area contributed by atoms with Gasteiger partial charge in [0.15, 0.2) is 0 Å². The van der Waals surface area contributed by atoms with E-state index in [2.05, 4.69) is 0 Å². The largest absolute Gasteiger partial charge is 0.508 e. The molecule has 76 valence electrons. The molecule has 1 aromatic rings. The molecule has 1 aromatic carbocycles. The Hall–Kier alpha value is -1.12. The molecule has 1 aliphatic carbocycles. The van der Waals surface area contributed by atoms with Crippen LogP contribution in [0.1, 0.15) is 24.3 Å². The highest BCUT2D eigenvalue weighted by molar-refractivity contribution is 5.31. The standard InChI is InChI=1S/C11H12F2O/c12-11(13)10-5-4-9(10)7-2-1-3-8(14)6-7/h1-3,6,9-11,14H,4-5H2. The number of phenolic OH excluding ortho intramolecular Hbond substituents is 1. The van der Waals surface area contributed by atoms with Gasteiger partial charge in [0.1, 0.15) is 5.75 Å². The second-order valence-electron chi connectivity index (χ2n) is 3.78. The molecule has 2 atom stereocenters. The van der Waals surface area contributed by atoms with Crippen molar-refractivity contribution in [1.82, 2.24) is 0 Å². The van der Waals surface area contributed by atoms with Gasteiger partial charge < -0.3 is 5.11 Å². The van der Waals surface area contributed by atoms with Gasteiger partial charge >= 0.3 is 0 Å². The van der Waals surface area contributed by atoms with Crippen molar-refractivity contribution >= 4 is 0 Å². The molecule has 1 aliphatic rings. The Morgan fingerprint density at radius 2 is 2.07 bits per heavy atom. The van der Waals surface area contributed by atoms with E-state index in [1.54, 1.807) is 24.3 Å². The van der Waals surface area contributed by atoms with Gasteiger partial charge in [-0.2, -0.15) is 0 Å². The molecule has 0 amide bonds. The number of hydrogen-bond donors (Lipinski definition) is 1. The van der Waals surface area contributed by atoms with Gasteiger partial charge in [0.25, 0.3) is 0 Å². The van der Waals surface area contributed by atoms with Crippen LogP contribution in [0.2, 0.25) is 0 Å². The van der Waals surface area contributed by atoms with E-state index < -0.39 is 12.3 Å². The summed E-state index contributed by atoms with van der Waals surface area (Å²) in [5, 5.41) is 9.22. The van der Waals surface area contributed by atoms with Crippen LogP contribution in [0.25, 0.3) is 0 Å². The van der Waals surface area contributed by atoms with E-state index in [9.17, 15) is 13.9 Å². The molecule has 0 aliphatic heterocycles. The Bertz CT molecular complexity index is 325. The highest BCUT2D eigenvalue weighted by Crippen LogP contribution is 2.46. The van der Waals surface area contributed by atoms with Crippen molar-refractivity contribution in [3.05, 3.63) is 29.8 Å². The lowest BCUT2D eigenvalue weighted by Crippen LogP contribution is -2.29. The Morgan fingerprint density at radius 1 is 1.29 bits per heavy atom. The van der Waals surface area contributed by atoms with Crippen molar-refractivity contribution in [2.45, 2.75) is 25.2 Å². The first-order chi connectivity index (χ1) is 6.68. The predicted octanol–water partition coefficient (Wildman–Crippen LogP) is 3.15. The van der Waals surface area contributed by atoms with Gasteiger partial charge in [0, 0.05) is 5.92 Å². The zero-order valence-corrected chi connectivity index (χ0v) is 7.66. The van der Waals surface area contributed by atoms with E-state index in [-0.39, 0.29) is 11.7 Å². The molecule has 0 heterocycles. The van der Waals surface area contributed by atoms with E-state index in [0.29, 0.717) is 6.42 Å². The van der Waals surface area contributed by atoms with Crippen molar-refractivity contribution in [3.8, 4) is 5.75 Å². The number of halogens is 2. The summed E-state index contributed by atoms with van der Waals surface area (Å²) in [6.07, 6.45) is -0.840. The molecule has 0 spiro atoms. The molecular weight excluding hydrogens is 186 g/mol. The fourth-order valence-electron chi connectivity index (χ4n) is 2.00. The minimum absolute atomic E-state index is 0.0675. The number of alkyl halides is 2. The smallest absolute Gasteiger partial charge is 0.242 e. The van der Waals surface area contributed by atoms with Crippen LogP contribution in [0.3, 0.4) is 0 Å². The highest BCUT2D eigenvalue weighted by Gasteiger charge is 2.38. The molecule has 0 radical (unpaired) electrons. The van der Waals surface area contributed by atoms with Crippen LogP contribution in [-0.4, -0.2) is 11.5 Å². The fourth-order valence-corrected chi connectivity index (χ4v) is 2.00. The van der Waals surface area contributed by atoms with E-state index in [4.69, 9.17) is 0 Å². The molecule has 2 unspecified atom stereocenters. The second kappa shape index (κ2) is 3.56. The number of phenols is 1. The average Bonchev–Trinajstić information content (AvgIpc) is 2.00. The maximum absolute atomic E-state index is 12.5. The molecule has 3 heteroatoms. The van der Waals surface area contributed by atoms with Crippen LogP contribution in [0.15, 0.2) is 24.3 Å². The summed E-state index contributed by atoms with van der Waals surface area (Å²) in [5.41, 5.74) is 0.835. The summed E-state index contributed by atoms with van der Waals surface area (Å²) in [7, 11) is 0. The van der Waals surface area contributed by atoms with Gasteiger partial charge in [-0.3, -0.25) is 0 Å². The van der Waals surface area contributed by atoms with E-state index in [0.717, 1.165) is 12.0 Å². The highest BCUT2D eigenvalue weighted by atomic mass is 19.3. The molecule has 2 rings (SSSR count). The Labute approximate surface area is 81.4 Å². The van der Waals surface area contributed by atoms with Crippen molar-refractivity contribution < 1.29 is 13.9 Å². The first-order valence-electron chi connectivity index (χ1n) is 4.75. The maximum Gasteiger partial charge on any atom is 0.242 e. The zero-order chi connectivity index (χ0) is 10.1. The third-order valence-corrected chi connectivity index (χ3v) is 2.95. The molecule has 0 aromatic heterocycles. The van der Waals surface area contributed by atoms with Gasteiger partial charge in [0.2, 0.25) is 6.43 Å². The predicted molar refractivity (Wildman–Crippen MR) is 49.6 cm³/mol. The van der Waals surface area contributed by atoms with Crippen LogP contribution in [-0.2, 0) is 0 Å². The summed E-state index contributed by atoms with van der Waals surface area (Å²) in [5.74, 6) is -0.429. The van der Waals surface area contributed by atoms with Gasteiger partial charge in [-0.1, -0.05) is 12.1 Å². The van der Waals surface area contributed by atoms with Crippen molar-refractivity contribution in [2.24, 2.45) is 5.92 Å². The van der Waals surface area contributed by atoms with Gasteiger partial charge in [0.05, 0.1) is 0 Å². The topological polar surface area (TPSA) is 20.2 Å². The SMILES string of the molecule is Oc1cccc(C2CCC2C(F)F)c1.